The number of anilines is 1. The van der Waals surface area contributed by atoms with Crippen molar-refractivity contribution in [3.05, 3.63) is 65.2 Å². The highest BCUT2D eigenvalue weighted by atomic mass is 16.1. The van der Waals surface area contributed by atoms with Gasteiger partial charge in [-0.25, -0.2) is 0 Å². The van der Waals surface area contributed by atoms with E-state index >= 15 is 0 Å². The van der Waals surface area contributed by atoms with Crippen molar-refractivity contribution >= 4 is 11.6 Å². The molecule has 2 aromatic rings. The lowest BCUT2D eigenvalue weighted by molar-refractivity contribution is 0.0951. The minimum atomic E-state index is 0.0302. The van der Waals surface area contributed by atoms with Crippen LogP contribution in [-0.4, -0.2) is 11.9 Å². The summed E-state index contributed by atoms with van der Waals surface area (Å²) in [6.07, 6.45) is 2.23. The molecule has 0 bridgehead atoms. The largest absolute Gasteiger partial charge is 0.381 e. The molecule has 3 rings (SSSR count). The molecule has 0 radical (unpaired) electrons. The molecule has 3 heteroatoms. The Balaban J connectivity index is 1.56. The van der Waals surface area contributed by atoms with Crippen LogP contribution in [0.15, 0.2) is 48.5 Å². The number of aryl methyl sites for hydroxylation is 1. The maximum atomic E-state index is 11.9. The fourth-order valence-corrected chi connectivity index (χ4v) is 2.15. The summed E-state index contributed by atoms with van der Waals surface area (Å²) in [4.78, 5) is 11.9. The van der Waals surface area contributed by atoms with Crippen molar-refractivity contribution in [3.8, 4) is 0 Å². The number of amides is 1. The third-order valence-corrected chi connectivity index (χ3v) is 3.68. The molecule has 0 saturated heterocycles. The Morgan fingerprint density at radius 3 is 2.33 bits per heavy atom. The molecule has 108 valence electrons. The van der Waals surface area contributed by atoms with Gasteiger partial charge in [-0.05, 0) is 49.6 Å². The van der Waals surface area contributed by atoms with Crippen molar-refractivity contribution in [2.24, 2.45) is 0 Å². The second-order valence-electron chi connectivity index (χ2n) is 5.66. The van der Waals surface area contributed by atoms with Crippen LogP contribution in [0.1, 0.15) is 34.3 Å². The Hall–Kier alpha value is -2.29. The van der Waals surface area contributed by atoms with Gasteiger partial charge >= 0.3 is 0 Å². The normalized spacial score (nSPS) is 13.8. The summed E-state index contributed by atoms with van der Waals surface area (Å²) in [5.74, 6) is 0.0302. The molecule has 0 aliphatic heterocycles. The maximum Gasteiger partial charge on any atom is 0.251 e. The van der Waals surface area contributed by atoms with Crippen LogP contribution in [0.5, 0.6) is 0 Å². The third-order valence-electron chi connectivity index (χ3n) is 3.68. The zero-order valence-corrected chi connectivity index (χ0v) is 12.2. The monoisotopic (exact) mass is 280 g/mol. The summed E-state index contributed by atoms with van der Waals surface area (Å²) >= 11 is 0. The van der Waals surface area contributed by atoms with E-state index < -0.39 is 0 Å². The molecule has 1 fully saturated rings. The first-order valence-corrected chi connectivity index (χ1v) is 7.41. The van der Waals surface area contributed by atoms with Gasteiger partial charge in [0.25, 0.3) is 5.91 Å². The molecule has 1 aliphatic rings. The second-order valence-corrected chi connectivity index (χ2v) is 5.66. The van der Waals surface area contributed by atoms with E-state index in [0.29, 0.717) is 6.04 Å². The lowest BCUT2D eigenvalue weighted by atomic mass is 10.1. The van der Waals surface area contributed by atoms with Crippen LogP contribution in [0.4, 0.5) is 5.69 Å². The van der Waals surface area contributed by atoms with Gasteiger partial charge in [-0.3, -0.25) is 4.79 Å². The predicted molar refractivity (Wildman–Crippen MR) is 85.4 cm³/mol. The van der Waals surface area contributed by atoms with E-state index in [1.807, 2.05) is 24.3 Å². The molecular weight excluding hydrogens is 260 g/mol. The van der Waals surface area contributed by atoms with Crippen molar-refractivity contribution in [3.63, 3.8) is 0 Å². The Bertz CT molecular complexity index is 613. The van der Waals surface area contributed by atoms with Gasteiger partial charge in [0.15, 0.2) is 0 Å². The van der Waals surface area contributed by atoms with Crippen LogP contribution < -0.4 is 10.6 Å². The molecule has 2 N–H and O–H groups in total. The topological polar surface area (TPSA) is 41.1 Å². The van der Waals surface area contributed by atoms with E-state index in [1.165, 1.54) is 11.1 Å². The zero-order chi connectivity index (χ0) is 14.7. The fourth-order valence-electron chi connectivity index (χ4n) is 2.15. The van der Waals surface area contributed by atoms with Crippen LogP contribution in [0, 0.1) is 6.92 Å². The molecule has 1 saturated carbocycles. The van der Waals surface area contributed by atoms with E-state index in [4.69, 9.17) is 0 Å². The van der Waals surface area contributed by atoms with Crippen molar-refractivity contribution in [1.29, 1.82) is 0 Å². The number of nitrogens with one attached hydrogen (secondary N) is 2. The molecule has 0 spiro atoms. The quantitative estimate of drug-likeness (QED) is 0.880. The molecule has 21 heavy (non-hydrogen) atoms. The summed E-state index contributed by atoms with van der Waals surface area (Å²) in [5, 5.41) is 6.36. The van der Waals surface area contributed by atoms with Crippen molar-refractivity contribution in [1.82, 2.24) is 5.32 Å². The van der Waals surface area contributed by atoms with Gasteiger partial charge in [0.1, 0.15) is 0 Å². The van der Waals surface area contributed by atoms with Gasteiger partial charge in [-0.15, -0.1) is 0 Å². The summed E-state index contributed by atoms with van der Waals surface area (Å²) < 4.78 is 0. The minimum Gasteiger partial charge on any atom is -0.381 e. The smallest absolute Gasteiger partial charge is 0.251 e. The summed E-state index contributed by atoms with van der Waals surface area (Å²) in [6.45, 7) is 2.87. The summed E-state index contributed by atoms with van der Waals surface area (Å²) in [6, 6.07) is 16.5. The van der Waals surface area contributed by atoms with Gasteiger partial charge in [-0.2, -0.15) is 0 Å². The maximum absolute atomic E-state index is 11.9. The second kappa shape index (κ2) is 6.00. The van der Waals surface area contributed by atoms with Gasteiger partial charge in [0.2, 0.25) is 0 Å². The number of carbonyl (C=O) groups is 1. The molecule has 3 nitrogen and oxygen atoms in total. The third kappa shape index (κ3) is 3.85. The van der Waals surface area contributed by atoms with Crippen molar-refractivity contribution in [2.75, 3.05) is 5.32 Å². The zero-order valence-electron chi connectivity index (χ0n) is 12.2. The van der Waals surface area contributed by atoms with Crippen LogP contribution in [-0.2, 0) is 6.54 Å². The lowest BCUT2D eigenvalue weighted by Crippen LogP contribution is -2.25. The highest BCUT2D eigenvalue weighted by Gasteiger charge is 2.23. The molecule has 0 aromatic heterocycles. The fraction of sp³-hybridized carbons (Fsp3) is 0.278. The first kappa shape index (κ1) is 13.7. The number of hydrogen-bond acceptors (Lipinski definition) is 2. The SMILES string of the molecule is Cc1ccc(CNc2ccc(C(=O)NC3CC3)cc2)cc1. The average molecular weight is 280 g/mol. The predicted octanol–water partition coefficient (Wildman–Crippen LogP) is 3.50. The van der Waals surface area contributed by atoms with E-state index in [9.17, 15) is 4.79 Å². The number of benzene rings is 2. The van der Waals surface area contributed by atoms with E-state index in [1.54, 1.807) is 0 Å². The molecular formula is C18H20N2O. The minimum absolute atomic E-state index is 0.0302. The van der Waals surface area contributed by atoms with Crippen molar-refractivity contribution in [2.45, 2.75) is 32.4 Å². The van der Waals surface area contributed by atoms with Crippen LogP contribution in [0.3, 0.4) is 0 Å². The van der Waals surface area contributed by atoms with Crippen LogP contribution in [0.25, 0.3) is 0 Å². The Kier molecular flexibility index (Phi) is 3.91. The average Bonchev–Trinajstić information content (AvgIpc) is 3.31. The molecule has 0 heterocycles. The van der Waals surface area contributed by atoms with Crippen LogP contribution in [0.2, 0.25) is 0 Å². The molecule has 2 aromatic carbocycles. The Morgan fingerprint density at radius 2 is 1.71 bits per heavy atom. The van der Waals surface area contributed by atoms with E-state index in [-0.39, 0.29) is 5.91 Å². The number of hydrogen-bond donors (Lipinski definition) is 2. The standard InChI is InChI=1S/C18H20N2O/c1-13-2-4-14(5-3-13)12-19-16-8-6-15(7-9-16)18(21)20-17-10-11-17/h2-9,17,19H,10-12H2,1H3,(H,20,21). The molecule has 1 aliphatic carbocycles. The van der Waals surface area contributed by atoms with Gasteiger partial charge < -0.3 is 10.6 Å². The van der Waals surface area contributed by atoms with Crippen molar-refractivity contribution < 1.29 is 4.79 Å². The lowest BCUT2D eigenvalue weighted by Gasteiger charge is -2.08. The highest BCUT2D eigenvalue weighted by Crippen LogP contribution is 2.19. The molecule has 0 atom stereocenters. The molecule has 1 amide bonds. The summed E-state index contributed by atoms with van der Waals surface area (Å²) in [7, 11) is 0. The van der Waals surface area contributed by atoms with E-state index in [2.05, 4.69) is 41.8 Å². The van der Waals surface area contributed by atoms with Crippen LogP contribution >= 0.6 is 0 Å². The molecule has 0 unspecified atom stereocenters. The first-order chi connectivity index (χ1) is 10.2. The Labute approximate surface area is 125 Å². The Morgan fingerprint density at radius 1 is 1.05 bits per heavy atom. The van der Waals surface area contributed by atoms with E-state index in [0.717, 1.165) is 30.6 Å². The number of rotatable bonds is 5. The number of carbonyl (C=O) groups excluding carboxylic acids is 1. The first-order valence-electron chi connectivity index (χ1n) is 7.41. The van der Waals surface area contributed by atoms with Gasteiger partial charge in [-0.1, -0.05) is 29.8 Å². The van der Waals surface area contributed by atoms with Gasteiger partial charge in [0, 0.05) is 23.8 Å². The van der Waals surface area contributed by atoms with Gasteiger partial charge in [0.05, 0.1) is 0 Å². The summed E-state index contributed by atoms with van der Waals surface area (Å²) in [5.41, 5.74) is 4.27. The highest BCUT2D eigenvalue weighted by molar-refractivity contribution is 5.94.